The third-order valence-electron chi connectivity index (χ3n) is 3.64. The van der Waals surface area contributed by atoms with Crippen LogP contribution in [0.1, 0.15) is 38.2 Å². The van der Waals surface area contributed by atoms with Crippen molar-refractivity contribution in [3.63, 3.8) is 0 Å². The first kappa shape index (κ1) is 13.1. The summed E-state index contributed by atoms with van der Waals surface area (Å²) in [5, 5.41) is 0. The number of benzene rings is 1. The van der Waals surface area contributed by atoms with E-state index in [1.54, 1.807) is 0 Å². The summed E-state index contributed by atoms with van der Waals surface area (Å²) in [4.78, 5) is 17.1. The van der Waals surface area contributed by atoms with Gasteiger partial charge in [0.15, 0.2) is 0 Å². The summed E-state index contributed by atoms with van der Waals surface area (Å²) in [5.41, 5.74) is 3.64. The molecule has 1 amide bonds. The Bertz CT molecular complexity index is 369. The Labute approximate surface area is 108 Å². The number of hydrogen-bond acceptors (Lipinski definition) is 2. The number of rotatable bonds is 4. The molecule has 1 aliphatic rings. The Balaban J connectivity index is 1.69. The summed E-state index contributed by atoms with van der Waals surface area (Å²) in [5.74, 6) is 0.939. The minimum absolute atomic E-state index is 0.0397. The second kappa shape index (κ2) is 6.55. The average Bonchev–Trinajstić information content (AvgIpc) is 2.40. The quantitative estimate of drug-likeness (QED) is 0.830. The second-order valence-corrected chi connectivity index (χ2v) is 5.20. The Morgan fingerprint density at radius 1 is 1.22 bits per heavy atom. The van der Waals surface area contributed by atoms with Crippen molar-refractivity contribution in [1.82, 2.24) is 5.48 Å². The average molecular weight is 247 g/mol. The SMILES string of the molecule is CC1CCC(C(=O)NOCc2ccccc2)CC1. The Hall–Kier alpha value is -1.35. The van der Waals surface area contributed by atoms with Gasteiger partial charge in [-0.3, -0.25) is 9.63 Å². The number of carbonyl (C=O) groups is 1. The molecule has 18 heavy (non-hydrogen) atoms. The van der Waals surface area contributed by atoms with Crippen LogP contribution in [0.15, 0.2) is 30.3 Å². The van der Waals surface area contributed by atoms with Gasteiger partial charge >= 0.3 is 0 Å². The maximum Gasteiger partial charge on any atom is 0.246 e. The summed E-state index contributed by atoms with van der Waals surface area (Å²) < 4.78 is 0. The maximum absolute atomic E-state index is 11.9. The molecule has 0 atom stereocenters. The van der Waals surface area contributed by atoms with Crippen molar-refractivity contribution in [1.29, 1.82) is 0 Å². The molecule has 1 aliphatic carbocycles. The lowest BCUT2D eigenvalue weighted by Crippen LogP contribution is -2.32. The van der Waals surface area contributed by atoms with Crippen molar-refractivity contribution in [2.75, 3.05) is 0 Å². The summed E-state index contributed by atoms with van der Waals surface area (Å²) in [7, 11) is 0. The van der Waals surface area contributed by atoms with E-state index in [4.69, 9.17) is 4.84 Å². The van der Waals surface area contributed by atoms with E-state index >= 15 is 0 Å². The highest BCUT2D eigenvalue weighted by Gasteiger charge is 2.24. The van der Waals surface area contributed by atoms with E-state index < -0.39 is 0 Å². The van der Waals surface area contributed by atoms with Gasteiger partial charge in [-0.1, -0.05) is 37.3 Å². The fraction of sp³-hybridized carbons (Fsp3) is 0.533. The molecule has 98 valence electrons. The summed E-state index contributed by atoms with van der Waals surface area (Å²) in [6.45, 7) is 2.68. The van der Waals surface area contributed by atoms with Crippen LogP contribution in [-0.2, 0) is 16.2 Å². The first-order valence-electron chi connectivity index (χ1n) is 6.71. The van der Waals surface area contributed by atoms with E-state index in [9.17, 15) is 4.79 Å². The van der Waals surface area contributed by atoms with E-state index in [0.29, 0.717) is 6.61 Å². The molecule has 1 fully saturated rings. The third-order valence-corrected chi connectivity index (χ3v) is 3.64. The van der Waals surface area contributed by atoms with Crippen LogP contribution in [0.5, 0.6) is 0 Å². The van der Waals surface area contributed by atoms with Gasteiger partial charge in [-0.15, -0.1) is 0 Å². The van der Waals surface area contributed by atoms with Crippen LogP contribution in [0.2, 0.25) is 0 Å². The van der Waals surface area contributed by atoms with E-state index in [1.165, 1.54) is 0 Å². The van der Waals surface area contributed by atoms with Crippen molar-refractivity contribution in [2.45, 2.75) is 39.2 Å². The van der Waals surface area contributed by atoms with Gasteiger partial charge < -0.3 is 0 Å². The molecule has 3 nitrogen and oxygen atoms in total. The molecule has 1 aromatic rings. The highest BCUT2D eigenvalue weighted by atomic mass is 16.6. The lowest BCUT2D eigenvalue weighted by molar-refractivity contribution is -0.140. The van der Waals surface area contributed by atoms with Gasteiger partial charge in [0, 0.05) is 5.92 Å². The van der Waals surface area contributed by atoms with Gasteiger partial charge in [0.05, 0.1) is 6.61 Å². The molecule has 3 heteroatoms. The monoisotopic (exact) mass is 247 g/mol. The lowest BCUT2D eigenvalue weighted by atomic mass is 9.83. The molecule has 0 saturated heterocycles. The lowest BCUT2D eigenvalue weighted by Gasteiger charge is -2.24. The molecular formula is C15H21NO2. The maximum atomic E-state index is 11.9. The molecule has 1 aromatic carbocycles. The zero-order valence-electron chi connectivity index (χ0n) is 10.9. The van der Waals surface area contributed by atoms with Crippen molar-refractivity contribution >= 4 is 5.91 Å². The molecular weight excluding hydrogens is 226 g/mol. The van der Waals surface area contributed by atoms with Crippen LogP contribution < -0.4 is 5.48 Å². The van der Waals surface area contributed by atoms with Crippen molar-refractivity contribution < 1.29 is 9.63 Å². The Morgan fingerprint density at radius 2 is 1.89 bits per heavy atom. The van der Waals surface area contributed by atoms with E-state index in [-0.39, 0.29) is 11.8 Å². The first-order chi connectivity index (χ1) is 8.75. The van der Waals surface area contributed by atoms with Crippen molar-refractivity contribution in [2.24, 2.45) is 11.8 Å². The third kappa shape index (κ3) is 3.84. The number of amides is 1. The van der Waals surface area contributed by atoms with Crippen LogP contribution in [0.25, 0.3) is 0 Å². The summed E-state index contributed by atoms with van der Waals surface area (Å²) in [6, 6.07) is 9.85. The fourth-order valence-electron chi connectivity index (χ4n) is 2.37. The minimum Gasteiger partial charge on any atom is -0.273 e. The van der Waals surface area contributed by atoms with Crippen LogP contribution in [0.3, 0.4) is 0 Å². The van der Waals surface area contributed by atoms with Crippen LogP contribution >= 0.6 is 0 Å². The zero-order valence-corrected chi connectivity index (χ0v) is 10.9. The van der Waals surface area contributed by atoms with Crippen LogP contribution in [0.4, 0.5) is 0 Å². The first-order valence-corrected chi connectivity index (χ1v) is 6.71. The standard InChI is InChI=1S/C15H21NO2/c1-12-7-9-14(10-8-12)15(17)16-18-11-13-5-3-2-4-6-13/h2-6,12,14H,7-11H2,1H3,(H,16,17). The van der Waals surface area contributed by atoms with E-state index in [0.717, 1.165) is 37.2 Å². The molecule has 2 rings (SSSR count). The largest absolute Gasteiger partial charge is 0.273 e. The molecule has 1 saturated carbocycles. The smallest absolute Gasteiger partial charge is 0.246 e. The molecule has 0 bridgehead atoms. The summed E-state index contributed by atoms with van der Waals surface area (Å²) >= 11 is 0. The predicted octanol–water partition coefficient (Wildman–Crippen LogP) is 3.06. The molecule has 0 unspecified atom stereocenters. The van der Waals surface area contributed by atoms with Gasteiger partial charge in [-0.2, -0.15) is 0 Å². The normalized spacial score (nSPS) is 23.6. The Morgan fingerprint density at radius 3 is 2.56 bits per heavy atom. The number of hydrogen-bond donors (Lipinski definition) is 1. The van der Waals surface area contributed by atoms with E-state index in [1.807, 2.05) is 30.3 Å². The predicted molar refractivity (Wildman–Crippen MR) is 70.5 cm³/mol. The van der Waals surface area contributed by atoms with Crippen LogP contribution in [0, 0.1) is 11.8 Å². The number of nitrogens with one attached hydrogen (secondary N) is 1. The number of carbonyl (C=O) groups excluding carboxylic acids is 1. The number of hydroxylamine groups is 1. The van der Waals surface area contributed by atoms with Gasteiger partial charge in [0.2, 0.25) is 5.91 Å². The Kier molecular flexibility index (Phi) is 4.76. The van der Waals surface area contributed by atoms with Crippen molar-refractivity contribution in [3.8, 4) is 0 Å². The summed E-state index contributed by atoms with van der Waals surface area (Å²) in [6.07, 6.45) is 4.27. The molecule has 0 heterocycles. The second-order valence-electron chi connectivity index (χ2n) is 5.20. The topological polar surface area (TPSA) is 38.3 Å². The van der Waals surface area contributed by atoms with Gasteiger partial charge in [-0.05, 0) is 37.2 Å². The molecule has 0 radical (unpaired) electrons. The van der Waals surface area contributed by atoms with Gasteiger partial charge in [0.25, 0.3) is 0 Å². The molecule has 1 N–H and O–H groups in total. The highest BCUT2D eigenvalue weighted by molar-refractivity contribution is 5.77. The zero-order chi connectivity index (χ0) is 12.8. The fourth-order valence-corrected chi connectivity index (χ4v) is 2.37. The highest BCUT2D eigenvalue weighted by Crippen LogP contribution is 2.28. The van der Waals surface area contributed by atoms with Crippen LogP contribution in [-0.4, -0.2) is 5.91 Å². The molecule has 0 aromatic heterocycles. The van der Waals surface area contributed by atoms with Gasteiger partial charge in [-0.25, -0.2) is 5.48 Å². The van der Waals surface area contributed by atoms with Gasteiger partial charge in [0.1, 0.15) is 0 Å². The van der Waals surface area contributed by atoms with E-state index in [2.05, 4.69) is 12.4 Å². The molecule has 0 spiro atoms. The molecule has 0 aliphatic heterocycles. The minimum atomic E-state index is 0.0397. The van der Waals surface area contributed by atoms with Crippen molar-refractivity contribution in [3.05, 3.63) is 35.9 Å².